The van der Waals surface area contributed by atoms with E-state index in [1.54, 1.807) is 6.26 Å². The van der Waals surface area contributed by atoms with Gasteiger partial charge in [-0.2, -0.15) is 0 Å². The Balaban J connectivity index is 1.02. The summed E-state index contributed by atoms with van der Waals surface area (Å²) >= 11 is 0. The molecule has 0 radical (unpaired) electrons. The Morgan fingerprint density at radius 1 is 1.07 bits per heavy atom. The van der Waals surface area contributed by atoms with Gasteiger partial charge in [0.2, 0.25) is 5.54 Å². The molecule has 9 atom stereocenters. The van der Waals surface area contributed by atoms with Crippen LogP contribution in [0.5, 0.6) is 5.95 Å². The van der Waals surface area contributed by atoms with Gasteiger partial charge in [-0.1, -0.05) is 20.8 Å². The van der Waals surface area contributed by atoms with E-state index < -0.39 is 60.2 Å². The number of fused-ring (bicyclic) bond motifs is 5. The second-order valence-corrected chi connectivity index (χ2v) is 14.1. The SMILES string of the molecule is CC(=O)O[C@@H]1[C@@]2(C(C)C)O[C@H]2[C@@H]2O[C@]23[C@]12O[C@H]2C[C@H]1c2coc(OC(=O)CCCC(=O)O[NH2+]C(CO)(CO)CO)c2CC[C@@]13C. The molecular formula is C31H42NO13+. The minimum absolute atomic E-state index is 0.00116. The normalized spacial score (nSPS) is 39.7. The van der Waals surface area contributed by atoms with Crippen LogP contribution in [-0.4, -0.2) is 99.8 Å². The van der Waals surface area contributed by atoms with E-state index in [-0.39, 0.29) is 66.7 Å². The van der Waals surface area contributed by atoms with E-state index >= 15 is 0 Å². The number of hydrogen-bond donors (Lipinski definition) is 4. The molecule has 0 amide bonds. The molecule has 6 aliphatic rings. The Bertz CT molecular complexity index is 1400. The van der Waals surface area contributed by atoms with Gasteiger partial charge < -0.3 is 43.4 Å². The quantitative estimate of drug-likeness (QED) is 0.130. The van der Waals surface area contributed by atoms with Gasteiger partial charge in [0.25, 0.3) is 5.95 Å². The van der Waals surface area contributed by atoms with Crippen molar-refractivity contribution in [2.45, 2.75) is 119 Å². The number of aliphatic hydroxyl groups is 3. The molecule has 1 aromatic heterocycles. The van der Waals surface area contributed by atoms with Crippen LogP contribution < -0.4 is 10.2 Å². The average Bonchev–Trinajstić information content (AvgIpc) is 3.92. The highest BCUT2D eigenvalue weighted by Gasteiger charge is 3.01. The molecule has 0 unspecified atom stereocenters. The Morgan fingerprint density at radius 3 is 2.44 bits per heavy atom. The number of hydroxylamine groups is 1. The summed E-state index contributed by atoms with van der Waals surface area (Å²) < 4.78 is 37.1. The van der Waals surface area contributed by atoms with Crippen LogP contribution in [0.4, 0.5) is 0 Å². The van der Waals surface area contributed by atoms with Gasteiger partial charge in [-0.15, -0.1) is 5.48 Å². The molecule has 0 aromatic carbocycles. The van der Waals surface area contributed by atoms with E-state index in [2.05, 4.69) is 20.8 Å². The van der Waals surface area contributed by atoms with Crippen molar-refractivity contribution in [3.8, 4) is 5.95 Å². The van der Waals surface area contributed by atoms with E-state index in [9.17, 15) is 29.7 Å². The van der Waals surface area contributed by atoms with E-state index in [4.69, 9.17) is 32.9 Å². The van der Waals surface area contributed by atoms with Gasteiger partial charge in [0.1, 0.15) is 43.2 Å². The first-order chi connectivity index (χ1) is 21.4. The average molecular weight is 637 g/mol. The molecule has 45 heavy (non-hydrogen) atoms. The lowest BCUT2D eigenvalue weighted by Gasteiger charge is -2.53. The molecule has 1 aromatic rings. The van der Waals surface area contributed by atoms with Crippen molar-refractivity contribution in [1.29, 1.82) is 0 Å². The summed E-state index contributed by atoms with van der Waals surface area (Å²) in [5.41, 5.74) is -1.15. The summed E-state index contributed by atoms with van der Waals surface area (Å²) in [6.45, 7) is 6.01. The zero-order valence-corrected chi connectivity index (χ0v) is 25.9. The number of aliphatic hydroxyl groups excluding tert-OH is 3. The van der Waals surface area contributed by atoms with Crippen molar-refractivity contribution in [3.05, 3.63) is 17.4 Å². The van der Waals surface area contributed by atoms with Gasteiger partial charge in [0, 0.05) is 29.9 Å². The maximum absolute atomic E-state index is 12.7. The number of ether oxygens (including phenoxy) is 5. The summed E-state index contributed by atoms with van der Waals surface area (Å²) in [5, 5.41) is 28.0. The van der Waals surface area contributed by atoms with Gasteiger partial charge in [-0.05, 0) is 37.5 Å². The fourth-order valence-corrected chi connectivity index (χ4v) is 8.97. The maximum atomic E-state index is 12.7. The van der Waals surface area contributed by atoms with Crippen molar-refractivity contribution in [3.63, 3.8) is 0 Å². The maximum Gasteiger partial charge on any atom is 0.366 e. The summed E-state index contributed by atoms with van der Waals surface area (Å²) in [5.74, 6) is -1.34. The van der Waals surface area contributed by atoms with Crippen molar-refractivity contribution in [2.75, 3.05) is 19.8 Å². The number of epoxide rings is 3. The van der Waals surface area contributed by atoms with Crippen LogP contribution >= 0.6 is 0 Å². The molecular weight excluding hydrogens is 594 g/mol. The zero-order chi connectivity index (χ0) is 32.2. The van der Waals surface area contributed by atoms with Gasteiger partial charge in [0.15, 0.2) is 11.7 Å². The molecule has 4 heterocycles. The molecule has 5 fully saturated rings. The number of nitrogens with two attached hydrogens (primary N) is 1. The van der Waals surface area contributed by atoms with E-state index in [0.29, 0.717) is 12.8 Å². The zero-order valence-electron chi connectivity index (χ0n) is 25.9. The number of hydrogen-bond acceptors (Lipinski definition) is 13. The fourth-order valence-electron chi connectivity index (χ4n) is 8.97. The first kappa shape index (κ1) is 31.0. The van der Waals surface area contributed by atoms with Gasteiger partial charge >= 0.3 is 17.9 Å². The Morgan fingerprint density at radius 2 is 1.78 bits per heavy atom. The molecule has 3 aliphatic heterocycles. The third-order valence-corrected chi connectivity index (χ3v) is 11.6. The molecule has 2 saturated carbocycles. The lowest BCUT2D eigenvalue weighted by Crippen LogP contribution is -3.00. The molecule has 5 N–H and O–H groups in total. The number of carbonyl (C=O) groups is 3. The number of quaternary nitrogens is 1. The molecule has 3 saturated heterocycles. The second-order valence-electron chi connectivity index (χ2n) is 14.1. The van der Waals surface area contributed by atoms with Crippen LogP contribution in [0.2, 0.25) is 0 Å². The number of furan rings is 1. The van der Waals surface area contributed by atoms with Crippen LogP contribution in [-0.2, 0) is 44.6 Å². The Kier molecular flexibility index (Phi) is 7.04. The Hall–Kier alpha value is -2.59. The van der Waals surface area contributed by atoms with Crippen LogP contribution in [0.1, 0.15) is 76.8 Å². The molecule has 14 nitrogen and oxygen atoms in total. The van der Waals surface area contributed by atoms with Gasteiger partial charge in [-0.3, -0.25) is 14.4 Å². The third kappa shape index (κ3) is 4.02. The highest BCUT2D eigenvalue weighted by atomic mass is 16.8. The topological polar surface area (TPSA) is 207 Å². The second kappa shape index (κ2) is 10.2. The smallest absolute Gasteiger partial charge is 0.366 e. The summed E-state index contributed by atoms with van der Waals surface area (Å²) in [6, 6.07) is 0. The van der Waals surface area contributed by atoms with Crippen LogP contribution in [0.25, 0.3) is 0 Å². The fraction of sp³-hybridized carbons (Fsp3) is 0.774. The van der Waals surface area contributed by atoms with Crippen molar-refractivity contribution in [2.24, 2.45) is 11.3 Å². The standard InChI is InChI=1S/C31H41NO13/c1-15(2)29-23(43-29)24-31(44-24)27(4)9-8-17-18(19(27)10-20-30(31,42-20)26(29)40-16(3)36)11-39-25(17)41-21(37)6-5-7-22(38)45-32-28(12-33,13-34)14-35/h11,15,19-20,23-24,26,32-35H,5-10,12-14H2,1-4H3/p+1/t19-,20-,23-,24-,26+,27-,29-,30+,31+/m0/s1. The first-order valence-corrected chi connectivity index (χ1v) is 15.8. The number of carbonyl (C=O) groups excluding carboxylic acids is 3. The lowest BCUT2D eigenvalue weighted by molar-refractivity contribution is -0.923. The van der Waals surface area contributed by atoms with E-state index in [1.165, 1.54) is 6.92 Å². The van der Waals surface area contributed by atoms with E-state index in [1.807, 2.05) is 0 Å². The lowest BCUT2D eigenvalue weighted by atomic mass is 9.47. The van der Waals surface area contributed by atoms with Crippen molar-refractivity contribution in [1.82, 2.24) is 0 Å². The molecule has 0 bridgehead atoms. The molecule has 2 spiro atoms. The largest absolute Gasteiger partial charge is 0.456 e. The predicted octanol–water partition coefficient (Wildman–Crippen LogP) is -0.453. The Labute approximate surface area is 259 Å². The minimum Gasteiger partial charge on any atom is -0.456 e. The summed E-state index contributed by atoms with van der Waals surface area (Å²) in [4.78, 5) is 42.1. The minimum atomic E-state index is -1.44. The van der Waals surface area contributed by atoms with E-state index in [0.717, 1.165) is 23.0 Å². The van der Waals surface area contributed by atoms with Crippen LogP contribution in [0.15, 0.2) is 10.7 Å². The third-order valence-electron chi connectivity index (χ3n) is 11.6. The molecule has 7 rings (SSSR count). The van der Waals surface area contributed by atoms with Gasteiger partial charge in [-0.25, -0.2) is 4.79 Å². The summed E-state index contributed by atoms with van der Waals surface area (Å²) in [7, 11) is 0. The molecule has 14 heteroatoms. The molecule has 3 aliphatic carbocycles. The monoisotopic (exact) mass is 636 g/mol. The van der Waals surface area contributed by atoms with Gasteiger partial charge in [0.05, 0.1) is 18.8 Å². The summed E-state index contributed by atoms with van der Waals surface area (Å²) in [6.07, 6.45) is 2.53. The van der Waals surface area contributed by atoms with Crippen LogP contribution in [0, 0.1) is 11.3 Å². The predicted molar refractivity (Wildman–Crippen MR) is 147 cm³/mol. The van der Waals surface area contributed by atoms with Crippen molar-refractivity contribution < 1.29 is 68.1 Å². The highest BCUT2D eigenvalue weighted by molar-refractivity contribution is 5.74. The van der Waals surface area contributed by atoms with Crippen LogP contribution in [0.3, 0.4) is 0 Å². The molecule has 248 valence electrons. The highest BCUT2D eigenvalue weighted by Crippen LogP contribution is 2.83. The number of rotatable bonds is 12. The number of esters is 2. The van der Waals surface area contributed by atoms with Crippen molar-refractivity contribution >= 4 is 17.9 Å². The first-order valence-electron chi connectivity index (χ1n) is 15.8.